The fourth-order valence-corrected chi connectivity index (χ4v) is 1.31. The summed E-state index contributed by atoms with van der Waals surface area (Å²) in [4.78, 5) is 11.2. The molecule has 74 valence electrons. The summed E-state index contributed by atoms with van der Waals surface area (Å²) < 4.78 is 0.779. The molecule has 0 saturated heterocycles. The highest BCUT2D eigenvalue weighted by atomic mass is 79.9. The fraction of sp³-hybridized carbons (Fsp3) is 0.667. The average molecular weight is 247 g/mol. The van der Waals surface area contributed by atoms with E-state index in [-0.39, 0.29) is 11.9 Å². The molecule has 3 nitrogen and oxygen atoms in total. The number of halogens is 1. The Kier molecular flexibility index (Phi) is 3.93. The monoisotopic (exact) mass is 246 g/mol. The molecular weight excluding hydrogens is 232 g/mol. The Morgan fingerprint density at radius 3 is 2.77 bits per heavy atom. The van der Waals surface area contributed by atoms with Gasteiger partial charge in [0.1, 0.15) is 0 Å². The molecule has 0 aliphatic heterocycles. The molecule has 1 atom stereocenters. The van der Waals surface area contributed by atoms with Crippen molar-refractivity contribution in [1.29, 1.82) is 0 Å². The van der Waals surface area contributed by atoms with Crippen LogP contribution in [-0.2, 0) is 4.79 Å². The number of carbonyl (C=O) groups excluding carboxylic acids is 1. The summed E-state index contributed by atoms with van der Waals surface area (Å²) in [6.45, 7) is 4.11. The number of nitrogens with two attached hydrogens (primary N) is 1. The predicted octanol–water partition coefficient (Wildman–Crippen LogP) is 1.14. The zero-order chi connectivity index (χ0) is 9.84. The molecule has 1 aliphatic rings. The van der Waals surface area contributed by atoms with Gasteiger partial charge in [0.2, 0.25) is 5.91 Å². The Bertz CT molecular complexity index is 214. The Balaban J connectivity index is 2.12. The summed E-state index contributed by atoms with van der Waals surface area (Å²) in [7, 11) is 0. The van der Waals surface area contributed by atoms with Crippen LogP contribution in [0.15, 0.2) is 11.1 Å². The molecule has 1 amide bonds. The Morgan fingerprint density at radius 1 is 1.69 bits per heavy atom. The molecule has 1 saturated carbocycles. The van der Waals surface area contributed by atoms with Gasteiger partial charge in [-0.2, -0.15) is 0 Å². The van der Waals surface area contributed by atoms with Crippen LogP contribution in [-0.4, -0.2) is 18.5 Å². The summed E-state index contributed by atoms with van der Waals surface area (Å²) in [5.41, 5.74) is 5.79. The van der Waals surface area contributed by atoms with E-state index < -0.39 is 0 Å². The topological polar surface area (TPSA) is 55.1 Å². The highest BCUT2D eigenvalue weighted by Crippen LogP contribution is 2.32. The zero-order valence-corrected chi connectivity index (χ0v) is 9.14. The van der Waals surface area contributed by atoms with Crippen molar-refractivity contribution in [3.8, 4) is 0 Å². The number of hydrogen-bond donors (Lipinski definition) is 2. The van der Waals surface area contributed by atoms with Gasteiger partial charge >= 0.3 is 0 Å². The van der Waals surface area contributed by atoms with Crippen LogP contribution in [0.3, 0.4) is 0 Å². The van der Waals surface area contributed by atoms with Crippen molar-refractivity contribution in [3.63, 3.8) is 0 Å². The molecule has 4 heteroatoms. The van der Waals surface area contributed by atoms with Crippen LogP contribution in [0.4, 0.5) is 0 Å². The van der Waals surface area contributed by atoms with Gasteiger partial charge in [-0.05, 0) is 18.8 Å². The second-order valence-corrected chi connectivity index (χ2v) is 4.62. The summed E-state index contributed by atoms with van der Waals surface area (Å²) >= 11 is 3.17. The number of rotatable bonds is 5. The van der Waals surface area contributed by atoms with Crippen LogP contribution in [0.25, 0.3) is 0 Å². The molecule has 1 rings (SSSR count). The average Bonchev–Trinajstić information content (AvgIpc) is 2.82. The standard InChI is InChI=1S/C9H15BrN2O/c1-6(10)5-12-9(13)4-8(11)7-2-3-7/h7-8H,1-5,11H2,(H,12,13). The number of carbonyl (C=O) groups is 1. The van der Waals surface area contributed by atoms with E-state index in [1.807, 2.05) is 0 Å². The highest BCUT2D eigenvalue weighted by molar-refractivity contribution is 9.11. The van der Waals surface area contributed by atoms with E-state index >= 15 is 0 Å². The van der Waals surface area contributed by atoms with Crippen LogP contribution >= 0.6 is 15.9 Å². The Morgan fingerprint density at radius 2 is 2.31 bits per heavy atom. The molecule has 0 spiro atoms. The lowest BCUT2D eigenvalue weighted by molar-refractivity contribution is -0.121. The molecule has 0 bridgehead atoms. The second-order valence-electron chi connectivity index (χ2n) is 3.50. The molecular formula is C9H15BrN2O. The van der Waals surface area contributed by atoms with Gasteiger partial charge in [0.15, 0.2) is 0 Å². The van der Waals surface area contributed by atoms with Gasteiger partial charge < -0.3 is 11.1 Å². The third-order valence-electron chi connectivity index (χ3n) is 2.13. The molecule has 0 aromatic heterocycles. The van der Waals surface area contributed by atoms with E-state index in [1.54, 1.807) is 0 Å². The van der Waals surface area contributed by atoms with E-state index in [1.165, 1.54) is 12.8 Å². The van der Waals surface area contributed by atoms with Gasteiger partial charge in [-0.1, -0.05) is 22.5 Å². The molecule has 3 N–H and O–H groups in total. The first-order chi connectivity index (χ1) is 6.09. The third kappa shape index (κ3) is 4.43. The normalized spacial score (nSPS) is 18.0. The molecule has 1 fully saturated rings. The molecule has 1 unspecified atom stereocenters. The minimum Gasteiger partial charge on any atom is -0.351 e. The maximum atomic E-state index is 11.2. The van der Waals surface area contributed by atoms with Crippen molar-refractivity contribution in [2.24, 2.45) is 11.7 Å². The van der Waals surface area contributed by atoms with Crippen LogP contribution in [0, 0.1) is 5.92 Å². The molecule has 1 aliphatic carbocycles. The van der Waals surface area contributed by atoms with Gasteiger partial charge in [0.05, 0.1) is 0 Å². The van der Waals surface area contributed by atoms with Crippen molar-refractivity contribution in [3.05, 3.63) is 11.1 Å². The van der Waals surface area contributed by atoms with Crippen LogP contribution in [0.1, 0.15) is 19.3 Å². The third-order valence-corrected chi connectivity index (χ3v) is 2.41. The summed E-state index contributed by atoms with van der Waals surface area (Å²) in [6.07, 6.45) is 2.80. The van der Waals surface area contributed by atoms with Gasteiger partial charge in [-0.25, -0.2) is 0 Å². The molecule has 0 aromatic rings. The lowest BCUT2D eigenvalue weighted by Gasteiger charge is -2.09. The Hall–Kier alpha value is -0.350. The SMILES string of the molecule is C=C(Br)CNC(=O)CC(N)C1CC1. The van der Waals surface area contributed by atoms with Crippen LogP contribution in [0.5, 0.6) is 0 Å². The second kappa shape index (κ2) is 4.77. The van der Waals surface area contributed by atoms with Crippen molar-refractivity contribution in [2.75, 3.05) is 6.54 Å². The zero-order valence-electron chi connectivity index (χ0n) is 7.55. The quantitative estimate of drug-likeness (QED) is 0.765. The van der Waals surface area contributed by atoms with Crippen LogP contribution in [0.2, 0.25) is 0 Å². The maximum absolute atomic E-state index is 11.2. The predicted molar refractivity (Wildman–Crippen MR) is 56.4 cm³/mol. The first-order valence-corrected chi connectivity index (χ1v) is 5.24. The summed E-state index contributed by atoms with van der Waals surface area (Å²) in [6, 6.07) is 0.0450. The minimum atomic E-state index is 0.0139. The smallest absolute Gasteiger partial charge is 0.221 e. The first-order valence-electron chi connectivity index (χ1n) is 4.45. The van der Waals surface area contributed by atoms with Gasteiger partial charge in [-0.3, -0.25) is 4.79 Å². The summed E-state index contributed by atoms with van der Waals surface area (Å²) in [5.74, 6) is 0.595. The Labute approximate surface area is 86.9 Å². The van der Waals surface area contributed by atoms with Gasteiger partial charge in [-0.15, -0.1) is 0 Å². The van der Waals surface area contributed by atoms with E-state index in [2.05, 4.69) is 27.8 Å². The molecule has 13 heavy (non-hydrogen) atoms. The first kappa shape index (κ1) is 10.7. The highest BCUT2D eigenvalue weighted by Gasteiger charge is 2.29. The molecule has 0 radical (unpaired) electrons. The van der Waals surface area contributed by atoms with Crippen molar-refractivity contribution >= 4 is 21.8 Å². The van der Waals surface area contributed by atoms with E-state index in [4.69, 9.17) is 5.73 Å². The lowest BCUT2D eigenvalue weighted by Crippen LogP contribution is -2.33. The van der Waals surface area contributed by atoms with E-state index in [0.29, 0.717) is 18.9 Å². The molecule has 0 heterocycles. The van der Waals surface area contributed by atoms with Gasteiger partial charge in [0.25, 0.3) is 0 Å². The minimum absolute atomic E-state index is 0.0139. The lowest BCUT2D eigenvalue weighted by atomic mass is 10.1. The van der Waals surface area contributed by atoms with E-state index in [0.717, 1.165) is 4.48 Å². The van der Waals surface area contributed by atoms with Crippen molar-refractivity contribution in [2.45, 2.75) is 25.3 Å². The van der Waals surface area contributed by atoms with Crippen molar-refractivity contribution < 1.29 is 4.79 Å². The largest absolute Gasteiger partial charge is 0.351 e. The number of hydrogen-bond acceptors (Lipinski definition) is 2. The fourth-order valence-electron chi connectivity index (χ4n) is 1.17. The number of amides is 1. The molecule has 0 aromatic carbocycles. The van der Waals surface area contributed by atoms with E-state index in [9.17, 15) is 4.79 Å². The summed E-state index contributed by atoms with van der Waals surface area (Å²) in [5, 5.41) is 2.73. The van der Waals surface area contributed by atoms with Crippen LogP contribution < -0.4 is 11.1 Å². The van der Waals surface area contributed by atoms with Gasteiger partial charge in [0, 0.05) is 23.5 Å². The maximum Gasteiger partial charge on any atom is 0.221 e. The van der Waals surface area contributed by atoms with Crippen molar-refractivity contribution in [1.82, 2.24) is 5.32 Å². The number of nitrogens with one attached hydrogen (secondary N) is 1.